The lowest BCUT2D eigenvalue weighted by Gasteiger charge is -2.10. The van der Waals surface area contributed by atoms with Gasteiger partial charge in [-0.05, 0) is 36.6 Å². The Morgan fingerprint density at radius 2 is 2.11 bits per heavy atom. The van der Waals surface area contributed by atoms with Crippen molar-refractivity contribution in [2.45, 2.75) is 20.4 Å². The van der Waals surface area contributed by atoms with Gasteiger partial charge in [-0.1, -0.05) is 19.1 Å². The first-order valence-corrected chi connectivity index (χ1v) is 6.37. The average Bonchev–Trinajstić information content (AvgIpc) is 2.38. The van der Waals surface area contributed by atoms with Crippen LogP contribution in [-0.4, -0.2) is 23.2 Å². The van der Waals surface area contributed by atoms with E-state index in [2.05, 4.69) is 34.6 Å². The summed E-state index contributed by atoms with van der Waals surface area (Å²) >= 11 is 0. The first kappa shape index (κ1) is 13.0. The summed E-state index contributed by atoms with van der Waals surface area (Å²) in [6.07, 6.45) is 0. The molecule has 2 N–H and O–H groups in total. The maximum absolute atomic E-state index is 8.95. The number of aryl methyl sites for hydroxylation is 1. The fourth-order valence-corrected chi connectivity index (χ4v) is 1.91. The smallest absolute Gasteiger partial charge is 0.0705 e. The van der Waals surface area contributed by atoms with Gasteiger partial charge in [-0.15, -0.1) is 0 Å². The van der Waals surface area contributed by atoms with Gasteiger partial charge in [0.15, 0.2) is 0 Å². The quantitative estimate of drug-likeness (QED) is 0.848. The zero-order valence-corrected chi connectivity index (χ0v) is 11.0. The van der Waals surface area contributed by atoms with Crippen LogP contribution in [0, 0.1) is 12.8 Å². The summed E-state index contributed by atoms with van der Waals surface area (Å²) in [7, 11) is 0. The topological polar surface area (TPSA) is 45.1 Å². The second-order valence-corrected chi connectivity index (χ2v) is 4.90. The predicted octanol–water partition coefficient (Wildman–Crippen LogP) is 2.26. The second kappa shape index (κ2) is 5.94. The number of aliphatic hydroxyl groups is 1. The largest absolute Gasteiger partial charge is 0.396 e. The Morgan fingerprint density at radius 3 is 2.89 bits per heavy atom. The first-order chi connectivity index (χ1) is 8.69. The molecule has 0 fully saturated rings. The fourth-order valence-electron chi connectivity index (χ4n) is 1.91. The van der Waals surface area contributed by atoms with Gasteiger partial charge in [0, 0.05) is 30.8 Å². The van der Waals surface area contributed by atoms with Crippen LogP contribution >= 0.6 is 0 Å². The third kappa shape index (κ3) is 3.28. The van der Waals surface area contributed by atoms with E-state index in [1.54, 1.807) is 0 Å². The van der Waals surface area contributed by atoms with Crippen LogP contribution in [0.3, 0.4) is 0 Å². The highest BCUT2D eigenvalue weighted by atomic mass is 16.3. The molecule has 1 heterocycles. The van der Waals surface area contributed by atoms with Crippen molar-refractivity contribution in [1.29, 1.82) is 0 Å². The van der Waals surface area contributed by atoms with Crippen molar-refractivity contribution in [3.8, 4) is 0 Å². The molecule has 0 aliphatic rings. The molecular weight excluding hydrogens is 224 g/mol. The molecule has 0 bridgehead atoms. The maximum Gasteiger partial charge on any atom is 0.0705 e. The van der Waals surface area contributed by atoms with E-state index in [0.29, 0.717) is 5.92 Å². The summed E-state index contributed by atoms with van der Waals surface area (Å²) < 4.78 is 0. The van der Waals surface area contributed by atoms with Crippen molar-refractivity contribution in [1.82, 2.24) is 10.3 Å². The molecular formula is C15H20N2O. The Labute approximate surface area is 108 Å². The van der Waals surface area contributed by atoms with Crippen LogP contribution in [0.25, 0.3) is 10.9 Å². The molecule has 0 saturated heterocycles. The van der Waals surface area contributed by atoms with Gasteiger partial charge in [0.25, 0.3) is 0 Å². The number of benzene rings is 1. The molecule has 18 heavy (non-hydrogen) atoms. The third-order valence-electron chi connectivity index (χ3n) is 3.03. The Kier molecular flexibility index (Phi) is 4.28. The van der Waals surface area contributed by atoms with Crippen LogP contribution in [0.1, 0.15) is 18.2 Å². The van der Waals surface area contributed by atoms with E-state index in [4.69, 9.17) is 5.11 Å². The van der Waals surface area contributed by atoms with E-state index in [1.165, 1.54) is 10.9 Å². The summed E-state index contributed by atoms with van der Waals surface area (Å²) in [5.41, 5.74) is 3.34. The van der Waals surface area contributed by atoms with Gasteiger partial charge in [-0.2, -0.15) is 0 Å². The van der Waals surface area contributed by atoms with Crippen molar-refractivity contribution in [2.24, 2.45) is 5.92 Å². The normalized spacial score (nSPS) is 12.8. The summed E-state index contributed by atoms with van der Waals surface area (Å²) in [4.78, 5) is 4.49. The minimum atomic E-state index is 0.230. The molecule has 1 aromatic carbocycles. The summed E-state index contributed by atoms with van der Waals surface area (Å²) in [6.45, 7) is 5.92. The molecule has 3 heteroatoms. The molecule has 1 unspecified atom stereocenters. The fraction of sp³-hybridized carbons (Fsp3) is 0.400. The van der Waals surface area contributed by atoms with Crippen molar-refractivity contribution in [3.63, 3.8) is 0 Å². The Bertz CT molecular complexity index is 525. The molecule has 3 nitrogen and oxygen atoms in total. The molecule has 0 aliphatic carbocycles. The SMILES string of the molecule is Cc1ccc2cc(CNCC(C)CO)ccc2n1. The second-order valence-electron chi connectivity index (χ2n) is 4.90. The highest BCUT2D eigenvalue weighted by molar-refractivity contribution is 5.79. The molecule has 0 amide bonds. The van der Waals surface area contributed by atoms with Crippen molar-refractivity contribution in [3.05, 3.63) is 41.6 Å². The summed E-state index contributed by atoms with van der Waals surface area (Å²) in [5.74, 6) is 0.301. The number of nitrogens with zero attached hydrogens (tertiary/aromatic N) is 1. The summed E-state index contributed by atoms with van der Waals surface area (Å²) in [5, 5.41) is 13.5. The van der Waals surface area contributed by atoms with Gasteiger partial charge in [0.2, 0.25) is 0 Å². The number of pyridine rings is 1. The summed E-state index contributed by atoms with van der Waals surface area (Å²) in [6, 6.07) is 10.5. The number of aromatic nitrogens is 1. The van der Waals surface area contributed by atoms with Crippen LogP contribution < -0.4 is 5.32 Å². The monoisotopic (exact) mass is 244 g/mol. The van der Waals surface area contributed by atoms with E-state index >= 15 is 0 Å². The average molecular weight is 244 g/mol. The minimum absolute atomic E-state index is 0.230. The lowest BCUT2D eigenvalue weighted by Crippen LogP contribution is -2.22. The molecule has 2 rings (SSSR count). The van der Waals surface area contributed by atoms with Crippen molar-refractivity contribution in [2.75, 3.05) is 13.2 Å². The highest BCUT2D eigenvalue weighted by Crippen LogP contribution is 2.14. The van der Waals surface area contributed by atoms with Crippen LogP contribution in [0.15, 0.2) is 30.3 Å². The molecule has 0 spiro atoms. The zero-order valence-electron chi connectivity index (χ0n) is 11.0. The van der Waals surface area contributed by atoms with Crippen LogP contribution in [0.2, 0.25) is 0 Å². The molecule has 0 saturated carbocycles. The van der Waals surface area contributed by atoms with Gasteiger partial charge >= 0.3 is 0 Å². The standard InChI is InChI=1S/C15H20N2O/c1-11(10-18)8-16-9-13-4-6-15-14(7-13)5-3-12(2)17-15/h3-7,11,16,18H,8-10H2,1-2H3. The van der Waals surface area contributed by atoms with Gasteiger partial charge < -0.3 is 10.4 Å². The minimum Gasteiger partial charge on any atom is -0.396 e. The van der Waals surface area contributed by atoms with Crippen LogP contribution in [0.5, 0.6) is 0 Å². The number of hydrogen-bond donors (Lipinski definition) is 2. The van der Waals surface area contributed by atoms with Gasteiger partial charge in [-0.25, -0.2) is 0 Å². The van der Waals surface area contributed by atoms with E-state index in [0.717, 1.165) is 24.3 Å². The van der Waals surface area contributed by atoms with E-state index in [1.807, 2.05) is 19.9 Å². The van der Waals surface area contributed by atoms with Crippen LogP contribution in [0.4, 0.5) is 0 Å². The molecule has 2 aromatic rings. The molecule has 1 atom stereocenters. The maximum atomic E-state index is 8.95. The number of fused-ring (bicyclic) bond motifs is 1. The number of aliphatic hydroxyl groups excluding tert-OH is 1. The van der Waals surface area contributed by atoms with E-state index in [-0.39, 0.29) is 6.61 Å². The van der Waals surface area contributed by atoms with Gasteiger partial charge in [-0.3, -0.25) is 4.98 Å². The predicted molar refractivity (Wildman–Crippen MR) is 74.4 cm³/mol. The van der Waals surface area contributed by atoms with Crippen molar-refractivity contribution >= 4 is 10.9 Å². The number of nitrogens with one attached hydrogen (secondary N) is 1. The van der Waals surface area contributed by atoms with E-state index < -0.39 is 0 Å². The van der Waals surface area contributed by atoms with Gasteiger partial charge in [0.05, 0.1) is 5.52 Å². The molecule has 0 aliphatic heterocycles. The Balaban J connectivity index is 2.04. The highest BCUT2D eigenvalue weighted by Gasteiger charge is 2.01. The molecule has 0 radical (unpaired) electrons. The Hall–Kier alpha value is -1.45. The number of hydrogen-bond acceptors (Lipinski definition) is 3. The van der Waals surface area contributed by atoms with E-state index in [9.17, 15) is 0 Å². The lowest BCUT2D eigenvalue weighted by atomic mass is 10.1. The molecule has 1 aromatic heterocycles. The van der Waals surface area contributed by atoms with Gasteiger partial charge in [0.1, 0.15) is 0 Å². The molecule has 96 valence electrons. The number of rotatable bonds is 5. The van der Waals surface area contributed by atoms with Crippen molar-refractivity contribution < 1.29 is 5.11 Å². The zero-order chi connectivity index (χ0) is 13.0. The lowest BCUT2D eigenvalue weighted by molar-refractivity contribution is 0.233. The first-order valence-electron chi connectivity index (χ1n) is 6.37. The van der Waals surface area contributed by atoms with Crippen LogP contribution in [-0.2, 0) is 6.54 Å². The third-order valence-corrected chi connectivity index (χ3v) is 3.03. The Morgan fingerprint density at radius 1 is 1.28 bits per heavy atom.